The van der Waals surface area contributed by atoms with E-state index in [1.54, 1.807) is 33.1 Å². The molecule has 0 amide bonds. The molecule has 0 fully saturated rings. The van der Waals surface area contributed by atoms with Gasteiger partial charge < -0.3 is 23.7 Å². The Morgan fingerprint density at radius 3 is 1.92 bits per heavy atom. The first-order chi connectivity index (χ1) is 18.2. The summed E-state index contributed by atoms with van der Waals surface area (Å²) in [5.74, 6) is 0.180. The molecule has 0 radical (unpaired) electrons. The van der Waals surface area contributed by atoms with Crippen LogP contribution in [0.5, 0.6) is 5.75 Å². The Labute approximate surface area is 225 Å². The van der Waals surface area contributed by atoms with Crippen molar-refractivity contribution in [2.45, 2.75) is 20.8 Å². The van der Waals surface area contributed by atoms with Crippen molar-refractivity contribution in [3.63, 3.8) is 0 Å². The topological polar surface area (TPSA) is 80.3 Å². The molecular formula is C31H36O7. The first-order valence-corrected chi connectivity index (χ1v) is 12.2. The van der Waals surface area contributed by atoms with Crippen LogP contribution < -0.4 is 4.74 Å². The zero-order chi connectivity index (χ0) is 27.9. The molecular weight excluding hydrogens is 484 g/mol. The maximum absolute atomic E-state index is 11.7. The number of esters is 2. The van der Waals surface area contributed by atoms with Gasteiger partial charge in [-0.1, -0.05) is 49.6 Å². The molecule has 2 aromatic rings. The lowest BCUT2D eigenvalue weighted by atomic mass is 10.0. The highest BCUT2D eigenvalue weighted by atomic mass is 16.6. The minimum atomic E-state index is -0.448. The third-order valence-corrected chi connectivity index (χ3v) is 5.21. The van der Waals surface area contributed by atoms with Gasteiger partial charge in [-0.25, -0.2) is 9.59 Å². The van der Waals surface area contributed by atoms with Gasteiger partial charge >= 0.3 is 11.9 Å². The second kappa shape index (κ2) is 16.0. The monoisotopic (exact) mass is 520 g/mol. The van der Waals surface area contributed by atoms with Crippen LogP contribution in [-0.2, 0) is 28.5 Å². The molecule has 0 atom stereocenters. The van der Waals surface area contributed by atoms with Crippen molar-refractivity contribution >= 4 is 17.5 Å². The molecule has 0 aromatic heterocycles. The smallest absolute Gasteiger partial charge is 0.338 e. The summed E-state index contributed by atoms with van der Waals surface area (Å²) >= 11 is 0. The van der Waals surface area contributed by atoms with Crippen LogP contribution in [0.25, 0.3) is 16.7 Å². The summed E-state index contributed by atoms with van der Waals surface area (Å²) in [6, 6.07) is 15.4. The Morgan fingerprint density at radius 2 is 1.34 bits per heavy atom. The van der Waals surface area contributed by atoms with Crippen molar-refractivity contribution in [1.29, 1.82) is 0 Å². The lowest BCUT2D eigenvalue weighted by molar-refractivity contribution is -0.140. The van der Waals surface area contributed by atoms with Gasteiger partial charge in [-0.05, 0) is 67.3 Å². The molecule has 0 aliphatic carbocycles. The van der Waals surface area contributed by atoms with E-state index in [-0.39, 0.29) is 13.2 Å². The number of carbonyl (C=O) groups excluding carboxylic acids is 2. The van der Waals surface area contributed by atoms with E-state index in [9.17, 15) is 9.59 Å². The molecule has 0 spiro atoms. The summed E-state index contributed by atoms with van der Waals surface area (Å²) < 4.78 is 26.7. The SMILES string of the molecule is C=C(C)C(=O)OCCOC(=C/COCCOC)/C=C(\C)c1ccc(-c2ccc(OC(=O)C(=C)C)cc2)cc1. The van der Waals surface area contributed by atoms with E-state index in [2.05, 4.69) is 13.2 Å². The van der Waals surface area contributed by atoms with Crippen molar-refractivity contribution in [2.24, 2.45) is 0 Å². The molecule has 0 aliphatic rings. The summed E-state index contributed by atoms with van der Waals surface area (Å²) in [6.45, 7) is 14.0. The number of benzene rings is 2. The normalized spacial score (nSPS) is 11.6. The third-order valence-electron chi connectivity index (χ3n) is 5.21. The van der Waals surface area contributed by atoms with Crippen molar-refractivity contribution in [3.05, 3.63) is 96.3 Å². The third kappa shape index (κ3) is 10.6. The zero-order valence-electron chi connectivity index (χ0n) is 22.6. The highest BCUT2D eigenvalue weighted by Crippen LogP contribution is 2.25. The average Bonchev–Trinajstić information content (AvgIpc) is 2.90. The fourth-order valence-electron chi connectivity index (χ4n) is 3.08. The number of hydrogen-bond acceptors (Lipinski definition) is 7. The molecule has 0 unspecified atom stereocenters. The molecule has 0 saturated heterocycles. The van der Waals surface area contributed by atoms with Gasteiger partial charge in [0.1, 0.15) is 24.7 Å². The van der Waals surface area contributed by atoms with Crippen LogP contribution in [0.2, 0.25) is 0 Å². The van der Waals surface area contributed by atoms with Crippen LogP contribution in [0.3, 0.4) is 0 Å². The van der Waals surface area contributed by atoms with Gasteiger partial charge in [0, 0.05) is 18.3 Å². The molecule has 0 aliphatic heterocycles. The van der Waals surface area contributed by atoms with Crippen LogP contribution >= 0.6 is 0 Å². The number of allylic oxidation sites excluding steroid dienone is 2. The number of methoxy groups -OCH3 is 1. The van der Waals surface area contributed by atoms with Gasteiger partial charge in [0.25, 0.3) is 0 Å². The Bertz CT molecular complexity index is 1160. The minimum Gasteiger partial charge on any atom is -0.490 e. The van der Waals surface area contributed by atoms with Crippen LogP contribution in [0.1, 0.15) is 26.3 Å². The molecule has 7 nitrogen and oxygen atoms in total. The first-order valence-electron chi connectivity index (χ1n) is 12.2. The van der Waals surface area contributed by atoms with Crippen LogP contribution in [-0.4, -0.2) is 52.1 Å². The van der Waals surface area contributed by atoms with E-state index in [1.165, 1.54) is 0 Å². The fourth-order valence-corrected chi connectivity index (χ4v) is 3.08. The maximum Gasteiger partial charge on any atom is 0.338 e. The van der Waals surface area contributed by atoms with Gasteiger partial charge in [-0.2, -0.15) is 0 Å². The molecule has 0 N–H and O–H groups in total. The quantitative estimate of drug-likeness (QED) is 0.0720. The number of carbonyl (C=O) groups is 2. The molecule has 0 bridgehead atoms. The number of ether oxygens (including phenoxy) is 5. The lowest BCUT2D eigenvalue weighted by Gasteiger charge is -2.11. The van der Waals surface area contributed by atoms with Gasteiger partial charge in [-0.3, -0.25) is 0 Å². The molecule has 0 saturated carbocycles. The Hall–Kier alpha value is -3.94. The van der Waals surface area contributed by atoms with Crippen molar-refractivity contribution < 1.29 is 33.3 Å². The fraction of sp³-hybridized carbons (Fsp3) is 0.290. The molecule has 7 heteroatoms. The van der Waals surface area contributed by atoms with E-state index in [0.29, 0.717) is 42.5 Å². The van der Waals surface area contributed by atoms with E-state index >= 15 is 0 Å². The van der Waals surface area contributed by atoms with E-state index in [4.69, 9.17) is 23.7 Å². The van der Waals surface area contributed by atoms with Gasteiger partial charge in [0.2, 0.25) is 0 Å². The predicted molar refractivity (Wildman–Crippen MR) is 148 cm³/mol. The van der Waals surface area contributed by atoms with Crippen molar-refractivity contribution in [1.82, 2.24) is 0 Å². The number of rotatable bonds is 15. The predicted octanol–water partition coefficient (Wildman–Crippen LogP) is 5.92. The van der Waals surface area contributed by atoms with E-state index < -0.39 is 11.9 Å². The highest BCUT2D eigenvalue weighted by molar-refractivity contribution is 5.89. The molecule has 0 heterocycles. The molecule has 202 valence electrons. The van der Waals surface area contributed by atoms with Crippen molar-refractivity contribution in [2.75, 3.05) is 40.1 Å². The van der Waals surface area contributed by atoms with E-state index in [1.807, 2.05) is 55.5 Å². The van der Waals surface area contributed by atoms with Crippen LogP contribution in [0.15, 0.2) is 90.7 Å². The van der Waals surface area contributed by atoms with Gasteiger partial charge in [0.05, 0.1) is 19.8 Å². The van der Waals surface area contributed by atoms with Crippen LogP contribution in [0.4, 0.5) is 0 Å². The van der Waals surface area contributed by atoms with E-state index in [0.717, 1.165) is 22.3 Å². The van der Waals surface area contributed by atoms with Gasteiger partial charge in [-0.15, -0.1) is 0 Å². The summed E-state index contributed by atoms with van der Waals surface area (Å²) in [4.78, 5) is 23.3. The highest BCUT2D eigenvalue weighted by Gasteiger charge is 2.07. The molecule has 2 rings (SSSR count). The Morgan fingerprint density at radius 1 is 0.763 bits per heavy atom. The van der Waals surface area contributed by atoms with Crippen LogP contribution in [0, 0.1) is 0 Å². The average molecular weight is 521 g/mol. The standard InChI is InChI=1S/C31H36O7/c1-22(2)30(32)37-20-19-36-29(15-16-35-18-17-34-6)21-24(5)25-7-9-26(10-8-25)27-11-13-28(14-12-27)38-31(33)23(3)4/h7-15,21H,1,3,16-20H2,2,4-6H3/b24-21+,29-15+. The summed E-state index contributed by atoms with van der Waals surface area (Å²) in [5, 5.41) is 0. The zero-order valence-corrected chi connectivity index (χ0v) is 22.6. The molecule has 2 aromatic carbocycles. The Kier molecular flexibility index (Phi) is 12.8. The minimum absolute atomic E-state index is 0.111. The summed E-state index contributed by atoms with van der Waals surface area (Å²) in [6.07, 6.45) is 3.75. The summed E-state index contributed by atoms with van der Waals surface area (Å²) in [5.41, 5.74) is 4.71. The second-order valence-electron chi connectivity index (χ2n) is 8.54. The second-order valence-corrected chi connectivity index (χ2v) is 8.54. The Balaban J connectivity index is 2.08. The largest absolute Gasteiger partial charge is 0.490 e. The van der Waals surface area contributed by atoms with Crippen molar-refractivity contribution in [3.8, 4) is 16.9 Å². The first kappa shape index (κ1) is 30.3. The summed E-state index contributed by atoms with van der Waals surface area (Å²) in [7, 11) is 1.62. The molecule has 38 heavy (non-hydrogen) atoms. The lowest BCUT2D eigenvalue weighted by Crippen LogP contribution is -2.11. The number of hydrogen-bond donors (Lipinski definition) is 0. The maximum atomic E-state index is 11.7. The van der Waals surface area contributed by atoms with Gasteiger partial charge in [0.15, 0.2) is 0 Å².